The number of pyridine rings is 1. The van der Waals surface area contributed by atoms with Gasteiger partial charge in [-0.3, -0.25) is 4.98 Å². The number of hydrogen-bond acceptors (Lipinski definition) is 2. The molecule has 0 radical (unpaired) electrons. The molecule has 4 heteroatoms. The Morgan fingerprint density at radius 2 is 2.00 bits per heavy atom. The van der Waals surface area contributed by atoms with Crippen molar-refractivity contribution >= 4 is 0 Å². The maximum atomic E-state index is 13.8. The topological polar surface area (TPSA) is 33.1 Å². The molecule has 0 aliphatic rings. The van der Waals surface area contributed by atoms with Crippen LogP contribution in [0.5, 0.6) is 0 Å². The summed E-state index contributed by atoms with van der Waals surface area (Å²) >= 11 is 0. The van der Waals surface area contributed by atoms with Gasteiger partial charge in [0.25, 0.3) is 0 Å². The monoisotopic (exact) mass is 263 g/mol. The van der Waals surface area contributed by atoms with E-state index in [1.807, 2.05) is 12.1 Å². The first kappa shape index (κ1) is 13.6. The summed E-state index contributed by atoms with van der Waals surface area (Å²) in [6, 6.07) is 7.98. The molecule has 19 heavy (non-hydrogen) atoms. The van der Waals surface area contributed by atoms with Crippen LogP contribution < -0.4 is 0 Å². The third kappa shape index (κ3) is 3.15. The highest BCUT2D eigenvalue weighted by molar-refractivity contribution is 5.28. The van der Waals surface area contributed by atoms with Crippen molar-refractivity contribution in [3.63, 3.8) is 0 Å². The van der Waals surface area contributed by atoms with Gasteiger partial charge in [-0.05, 0) is 43.5 Å². The smallest absolute Gasteiger partial charge is 0.134 e. The molecule has 0 bridgehead atoms. The fourth-order valence-corrected chi connectivity index (χ4v) is 1.96. The van der Waals surface area contributed by atoms with E-state index >= 15 is 0 Å². The van der Waals surface area contributed by atoms with Crippen LogP contribution in [0.15, 0.2) is 36.5 Å². The summed E-state index contributed by atoms with van der Waals surface area (Å²) < 4.78 is 27.4. The van der Waals surface area contributed by atoms with Gasteiger partial charge in [0.15, 0.2) is 0 Å². The molecule has 2 rings (SSSR count). The maximum Gasteiger partial charge on any atom is 0.134 e. The molecule has 0 fully saturated rings. The number of halogens is 2. The molecule has 2 aromatic rings. The van der Waals surface area contributed by atoms with Crippen molar-refractivity contribution in [1.82, 2.24) is 4.98 Å². The second kappa shape index (κ2) is 5.89. The third-order valence-electron chi connectivity index (χ3n) is 3.05. The Balaban J connectivity index is 2.12. The minimum atomic E-state index is -1.16. The first-order valence-electron chi connectivity index (χ1n) is 6.12. The van der Waals surface area contributed by atoms with Crippen molar-refractivity contribution in [2.45, 2.75) is 25.9 Å². The summed E-state index contributed by atoms with van der Waals surface area (Å²) in [4.78, 5) is 4.11. The van der Waals surface area contributed by atoms with Crippen molar-refractivity contribution in [2.24, 2.45) is 0 Å². The van der Waals surface area contributed by atoms with E-state index in [4.69, 9.17) is 0 Å². The average Bonchev–Trinajstić information content (AvgIpc) is 2.42. The van der Waals surface area contributed by atoms with Gasteiger partial charge in [-0.2, -0.15) is 0 Å². The van der Waals surface area contributed by atoms with E-state index in [2.05, 4.69) is 4.98 Å². The van der Waals surface area contributed by atoms with Crippen LogP contribution in [0.25, 0.3) is 0 Å². The number of benzene rings is 1. The number of aliphatic hydroxyl groups is 1. The van der Waals surface area contributed by atoms with Crippen LogP contribution >= 0.6 is 0 Å². The summed E-state index contributed by atoms with van der Waals surface area (Å²) in [5.41, 5.74) is 0.860. The molecule has 1 heterocycles. The van der Waals surface area contributed by atoms with Gasteiger partial charge in [0.1, 0.15) is 11.6 Å². The summed E-state index contributed by atoms with van der Waals surface area (Å²) in [5.74, 6) is -1.38. The minimum absolute atomic E-state index is 0.230. The summed E-state index contributed by atoms with van der Waals surface area (Å²) in [6.07, 6.45) is 1.18. The number of aliphatic hydroxyl groups excluding tert-OH is 1. The predicted octanol–water partition coefficient (Wildman–Crippen LogP) is 3.33. The Kier molecular flexibility index (Phi) is 4.22. The van der Waals surface area contributed by atoms with E-state index < -0.39 is 17.7 Å². The van der Waals surface area contributed by atoms with E-state index in [1.54, 1.807) is 19.2 Å². The highest BCUT2D eigenvalue weighted by Crippen LogP contribution is 2.26. The van der Waals surface area contributed by atoms with Gasteiger partial charge < -0.3 is 5.11 Å². The van der Waals surface area contributed by atoms with Gasteiger partial charge in [0, 0.05) is 11.9 Å². The summed E-state index contributed by atoms with van der Waals surface area (Å²) in [7, 11) is 0. The first-order chi connectivity index (χ1) is 9.09. The number of aryl methyl sites for hydroxylation is 2. The molecule has 100 valence electrons. The fraction of sp³-hybridized carbons (Fsp3) is 0.267. The molecular weight excluding hydrogens is 248 g/mol. The molecule has 0 saturated carbocycles. The Morgan fingerprint density at radius 1 is 1.21 bits per heavy atom. The van der Waals surface area contributed by atoms with Gasteiger partial charge >= 0.3 is 0 Å². The van der Waals surface area contributed by atoms with Crippen molar-refractivity contribution in [3.05, 3.63) is 65.0 Å². The Labute approximate surface area is 110 Å². The second-order valence-corrected chi connectivity index (χ2v) is 4.47. The van der Waals surface area contributed by atoms with E-state index in [-0.39, 0.29) is 12.0 Å². The first-order valence-corrected chi connectivity index (χ1v) is 6.12. The largest absolute Gasteiger partial charge is 0.388 e. The second-order valence-electron chi connectivity index (χ2n) is 4.47. The van der Waals surface area contributed by atoms with E-state index in [1.165, 1.54) is 12.1 Å². The molecule has 0 amide bonds. The zero-order valence-electron chi connectivity index (χ0n) is 10.6. The van der Waals surface area contributed by atoms with Crippen LogP contribution in [0.1, 0.15) is 29.3 Å². The lowest BCUT2D eigenvalue weighted by molar-refractivity contribution is 0.157. The SMILES string of the molecule is Cc1ccc(F)c(C(O)CCc2ccccn2)c1F. The zero-order chi connectivity index (χ0) is 13.8. The van der Waals surface area contributed by atoms with Gasteiger partial charge in [-0.15, -0.1) is 0 Å². The fourth-order valence-electron chi connectivity index (χ4n) is 1.96. The number of aromatic nitrogens is 1. The van der Waals surface area contributed by atoms with Crippen molar-refractivity contribution in [2.75, 3.05) is 0 Å². The molecule has 0 saturated heterocycles. The lowest BCUT2D eigenvalue weighted by Crippen LogP contribution is -2.07. The predicted molar refractivity (Wildman–Crippen MR) is 68.6 cm³/mol. The quantitative estimate of drug-likeness (QED) is 0.917. The zero-order valence-corrected chi connectivity index (χ0v) is 10.6. The third-order valence-corrected chi connectivity index (χ3v) is 3.05. The highest BCUT2D eigenvalue weighted by Gasteiger charge is 2.19. The van der Waals surface area contributed by atoms with Crippen molar-refractivity contribution in [1.29, 1.82) is 0 Å². The average molecular weight is 263 g/mol. The Bertz CT molecular complexity index is 558. The van der Waals surface area contributed by atoms with Gasteiger partial charge in [0.05, 0.1) is 11.7 Å². The molecule has 1 aromatic heterocycles. The lowest BCUT2D eigenvalue weighted by Gasteiger charge is -2.14. The van der Waals surface area contributed by atoms with Crippen LogP contribution in [-0.4, -0.2) is 10.1 Å². The lowest BCUT2D eigenvalue weighted by atomic mass is 10.0. The van der Waals surface area contributed by atoms with Gasteiger partial charge in [0.2, 0.25) is 0 Å². The van der Waals surface area contributed by atoms with E-state index in [9.17, 15) is 13.9 Å². The van der Waals surface area contributed by atoms with Crippen LogP contribution in [0.3, 0.4) is 0 Å². The highest BCUT2D eigenvalue weighted by atomic mass is 19.1. The van der Waals surface area contributed by atoms with Crippen LogP contribution in [0, 0.1) is 18.6 Å². The van der Waals surface area contributed by atoms with Crippen LogP contribution in [0.4, 0.5) is 8.78 Å². The molecule has 1 aromatic carbocycles. The molecule has 1 unspecified atom stereocenters. The maximum absolute atomic E-state index is 13.8. The van der Waals surface area contributed by atoms with E-state index in [0.29, 0.717) is 12.0 Å². The molecule has 1 N–H and O–H groups in total. The Morgan fingerprint density at radius 3 is 2.68 bits per heavy atom. The number of hydrogen-bond donors (Lipinski definition) is 1. The van der Waals surface area contributed by atoms with Gasteiger partial charge in [-0.1, -0.05) is 12.1 Å². The molecule has 1 atom stereocenters. The Hall–Kier alpha value is -1.81. The molecular formula is C15H15F2NO. The van der Waals surface area contributed by atoms with E-state index in [0.717, 1.165) is 5.69 Å². The summed E-state index contributed by atoms with van der Waals surface area (Å²) in [6.45, 7) is 1.55. The standard InChI is InChI=1S/C15H15F2NO/c1-10-5-7-12(16)14(15(10)17)13(19)8-6-11-4-2-3-9-18-11/h2-5,7,9,13,19H,6,8H2,1H3. The van der Waals surface area contributed by atoms with Gasteiger partial charge in [-0.25, -0.2) is 8.78 Å². The van der Waals surface area contributed by atoms with Crippen LogP contribution in [0.2, 0.25) is 0 Å². The molecule has 0 aliphatic carbocycles. The minimum Gasteiger partial charge on any atom is -0.388 e. The number of rotatable bonds is 4. The molecule has 0 aliphatic heterocycles. The number of nitrogens with zero attached hydrogens (tertiary/aromatic N) is 1. The normalized spacial score (nSPS) is 12.4. The molecule has 2 nitrogen and oxygen atoms in total. The summed E-state index contributed by atoms with van der Waals surface area (Å²) in [5, 5.41) is 9.96. The van der Waals surface area contributed by atoms with Crippen LogP contribution in [-0.2, 0) is 6.42 Å². The van der Waals surface area contributed by atoms with Crippen molar-refractivity contribution < 1.29 is 13.9 Å². The molecule has 0 spiro atoms. The van der Waals surface area contributed by atoms with Crippen molar-refractivity contribution in [3.8, 4) is 0 Å².